The fourth-order valence-electron chi connectivity index (χ4n) is 1.98. The Kier molecular flexibility index (Phi) is 3.59. The first kappa shape index (κ1) is 12.2. The van der Waals surface area contributed by atoms with Gasteiger partial charge in [-0.2, -0.15) is 5.06 Å². The number of hydrogen-bond acceptors (Lipinski definition) is 2. The molecule has 74 valence electrons. The largest absolute Gasteiger partial charge is 0.313 e. The lowest BCUT2D eigenvalue weighted by Crippen LogP contribution is -2.56. The van der Waals surface area contributed by atoms with Crippen molar-refractivity contribution in [2.75, 3.05) is 0 Å². The molecular formula is C9H20ClNO. The van der Waals surface area contributed by atoms with Gasteiger partial charge in [-0.3, -0.25) is 0 Å². The molecule has 0 atom stereocenters. The maximum absolute atomic E-state index is 9.80. The Hall–Kier alpha value is 0.210. The van der Waals surface area contributed by atoms with Crippen LogP contribution in [-0.4, -0.2) is 21.3 Å². The first-order valence-electron chi connectivity index (χ1n) is 4.35. The van der Waals surface area contributed by atoms with Crippen molar-refractivity contribution in [1.82, 2.24) is 5.06 Å². The minimum absolute atomic E-state index is 0. The summed E-state index contributed by atoms with van der Waals surface area (Å²) in [4.78, 5) is 0. The van der Waals surface area contributed by atoms with Gasteiger partial charge in [-0.05, 0) is 47.0 Å². The van der Waals surface area contributed by atoms with Crippen LogP contribution in [0.15, 0.2) is 0 Å². The third-order valence-electron chi connectivity index (χ3n) is 2.72. The molecule has 1 aliphatic rings. The van der Waals surface area contributed by atoms with Crippen molar-refractivity contribution >= 4 is 12.4 Å². The second-order valence-corrected chi connectivity index (χ2v) is 4.79. The molecule has 1 saturated heterocycles. The van der Waals surface area contributed by atoms with E-state index in [0.717, 1.165) is 12.8 Å². The Morgan fingerprint density at radius 1 is 1.00 bits per heavy atom. The van der Waals surface area contributed by atoms with E-state index in [-0.39, 0.29) is 23.5 Å². The number of nitrogens with zero attached hydrogens (tertiary/aromatic N) is 1. The third kappa shape index (κ3) is 2.12. The van der Waals surface area contributed by atoms with Gasteiger partial charge in [0, 0.05) is 11.1 Å². The van der Waals surface area contributed by atoms with E-state index in [2.05, 4.69) is 27.7 Å². The molecule has 1 N–H and O–H groups in total. The number of halogens is 1. The van der Waals surface area contributed by atoms with Crippen LogP contribution in [0.3, 0.4) is 0 Å². The summed E-state index contributed by atoms with van der Waals surface area (Å²) in [6.45, 7) is 8.36. The molecular weight excluding hydrogens is 174 g/mol. The predicted octanol–water partition coefficient (Wildman–Crippen LogP) is 2.84. The van der Waals surface area contributed by atoms with Crippen molar-refractivity contribution in [2.24, 2.45) is 0 Å². The van der Waals surface area contributed by atoms with Crippen molar-refractivity contribution < 1.29 is 5.21 Å². The summed E-state index contributed by atoms with van der Waals surface area (Å²) in [5.74, 6) is 0. The number of rotatable bonds is 0. The summed E-state index contributed by atoms with van der Waals surface area (Å²) in [7, 11) is 0. The Bertz CT molecular complexity index is 141. The van der Waals surface area contributed by atoms with Crippen LogP contribution >= 0.6 is 12.4 Å². The monoisotopic (exact) mass is 193 g/mol. The van der Waals surface area contributed by atoms with E-state index in [1.807, 2.05) is 0 Å². The van der Waals surface area contributed by atoms with Gasteiger partial charge in [0.2, 0.25) is 0 Å². The Balaban J connectivity index is 0.00000121. The van der Waals surface area contributed by atoms with E-state index in [1.54, 1.807) is 0 Å². The molecule has 1 aliphatic heterocycles. The summed E-state index contributed by atoms with van der Waals surface area (Å²) >= 11 is 0. The van der Waals surface area contributed by atoms with Crippen LogP contribution in [0.5, 0.6) is 0 Å². The highest BCUT2D eigenvalue weighted by molar-refractivity contribution is 5.85. The quantitative estimate of drug-likeness (QED) is 0.640. The minimum atomic E-state index is -0.0399. The van der Waals surface area contributed by atoms with Gasteiger partial charge in [0.05, 0.1) is 0 Å². The molecule has 3 heteroatoms. The highest BCUT2D eigenvalue weighted by Gasteiger charge is 2.40. The molecule has 0 unspecified atom stereocenters. The van der Waals surface area contributed by atoms with Crippen LogP contribution < -0.4 is 0 Å². The smallest absolute Gasteiger partial charge is 0.0410 e. The lowest BCUT2D eigenvalue weighted by atomic mass is 9.82. The molecule has 0 aliphatic carbocycles. The van der Waals surface area contributed by atoms with Gasteiger partial charge in [0.25, 0.3) is 0 Å². The van der Waals surface area contributed by atoms with Gasteiger partial charge in [-0.15, -0.1) is 12.4 Å². The Morgan fingerprint density at radius 3 is 1.58 bits per heavy atom. The zero-order valence-electron chi connectivity index (χ0n) is 8.42. The summed E-state index contributed by atoms with van der Waals surface area (Å²) in [5.41, 5.74) is -0.0799. The molecule has 1 heterocycles. The third-order valence-corrected chi connectivity index (χ3v) is 2.72. The average molecular weight is 194 g/mol. The summed E-state index contributed by atoms with van der Waals surface area (Å²) in [5, 5.41) is 11.3. The van der Waals surface area contributed by atoms with Crippen molar-refractivity contribution in [3.63, 3.8) is 0 Å². The van der Waals surface area contributed by atoms with Crippen LogP contribution in [0.2, 0.25) is 0 Å². The molecule has 1 fully saturated rings. The van der Waals surface area contributed by atoms with E-state index < -0.39 is 0 Å². The van der Waals surface area contributed by atoms with Crippen molar-refractivity contribution in [3.8, 4) is 0 Å². The standard InChI is InChI=1S/C9H19NO.ClH/c1-8(2)6-5-7-9(3,4)10(8)11;/h11H,5-7H2,1-4H3;1H. The lowest BCUT2D eigenvalue weighted by molar-refractivity contribution is -0.241. The number of piperidine rings is 1. The summed E-state index contributed by atoms with van der Waals surface area (Å²) in [6.07, 6.45) is 3.40. The van der Waals surface area contributed by atoms with E-state index in [9.17, 15) is 5.21 Å². The Labute approximate surface area is 81.3 Å². The fraction of sp³-hybridized carbons (Fsp3) is 1.00. The van der Waals surface area contributed by atoms with E-state index >= 15 is 0 Å². The molecule has 1 rings (SSSR count). The first-order valence-corrected chi connectivity index (χ1v) is 4.35. The zero-order valence-corrected chi connectivity index (χ0v) is 9.24. The van der Waals surface area contributed by atoms with Crippen LogP contribution in [-0.2, 0) is 0 Å². The van der Waals surface area contributed by atoms with Crippen LogP contribution in [0.4, 0.5) is 0 Å². The van der Waals surface area contributed by atoms with Crippen LogP contribution in [0.1, 0.15) is 47.0 Å². The van der Waals surface area contributed by atoms with Gasteiger partial charge in [-0.25, -0.2) is 0 Å². The molecule has 0 amide bonds. The van der Waals surface area contributed by atoms with E-state index in [1.165, 1.54) is 11.5 Å². The van der Waals surface area contributed by atoms with Gasteiger partial charge in [-0.1, -0.05) is 0 Å². The predicted molar refractivity (Wildman–Crippen MR) is 52.9 cm³/mol. The lowest BCUT2D eigenvalue weighted by Gasteiger charge is -2.48. The fourth-order valence-corrected chi connectivity index (χ4v) is 1.98. The molecule has 2 nitrogen and oxygen atoms in total. The molecule has 0 aromatic heterocycles. The van der Waals surface area contributed by atoms with Gasteiger partial charge < -0.3 is 5.21 Å². The second-order valence-electron chi connectivity index (χ2n) is 4.79. The van der Waals surface area contributed by atoms with Crippen LogP contribution in [0, 0.1) is 0 Å². The first-order chi connectivity index (χ1) is 4.86. The highest BCUT2D eigenvalue weighted by Crippen LogP contribution is 2.35. The maximum atomic E-state index is 9.80. The number of hydroxylamine groups is 2. The summed E-state index contributed by atoms with van der Waals surface area (Å²) < 4.78 is 0. The highest BCUT2D eigenvalue weighted by atomic mass is 35.5. The zero-order chi connectivity index (χ0) is 8.70. The topological polar surface area (TPSA) is 23.5 Å². The average Bonchev–Trinajstić information content (AvgIpc) is 1.82. The van der Waals surface area contributed by atoms with Crippen molar-refractivity contribution in [2.45, 2.75) is 58.0 Å². The van der Waals surface area contributed by atoms with Crippen LogP contribution in [0.25, 0.3) is 0 Å². The van der Waals surface area contributed by atoms with Crippen molar-refractivity contribution in [1.29, 1.82) is 0 Å². The van der Waals surface area contributed by atoms with E-state index in [0.29, 0.717) is 0 Å². The SMILES string of the molecule is CC1(C)CCCC(C)(C)N1O.Cl. The molecule has 0 bridgehead atoms. The van der Waals surface area contributed by atoms with Gasteiger partial charge in [0.1, 0.15) is 0 Å². The van der Waals surface area contributed by atoms with Gasteiger partial charge in [0.15, 0.2) is 0 Å². The summed E-state index contributed by atoms with van der Waals surface area (Å²) in [6, 6.07) is 0. The van der Waals surface area contributed by atoms with Crippen molar-refractivity contribution in [3.05, 3.63) is 0 Å². The molecule has 0 aromatic carbocycles. The molecule has 0 saturated carbocycles. The number of hydrogen-bond donors (Lipinski definition) is 1. The van der Waals surface area contributed by atoms with Gasteiger partial charge >= 0.3 is 0 Å². The second kappa shape index (κ2) is 3.52. The molecule has 0 radical (unpaired) electrons. The van der Waals surface area contributed by atoms with E-state index in [4.69, 9.17) is 0 Å². The maximum Gasteiger partial charge on any atom is 0.0410 e. The minimum Gasteiger partial charge on any atom is -0.313 e. The normalized spacial score (nSPS) is 27.8. The molecule has 12 heavy (non-hydrogen) atoms. The molecule has 0 aromatic rings. The molecule has 0 spiro atoms. The Morgan fingerprint density at radius 2 is 1.33 bits per heavy atom.